The minimum Gasteiger partial charge on any atom is -0.317 e. The predicted octanol–water partition coefficient (Wildman–Crippen LogP) is 2.64. The number of nitrogens with one attached hydrogen (secondary N) is 3. The molecule has 0 atom stereocenters. The first-order valence-corrected chi connectivity index (χ1v) is 7.09. The van der Waals surface area contributed by atoms with Gasteiger partial charge in [-0.3, -0.25) is 10.1 Å². The van der Waals surface area contributed by atoms with Crippen LogP contribution in [0.15, 0.2) is 18.2 Å². The van der Waals surface area contributed by atoms with E-state index in [1.54, 1.807) is 12.1 Å². The second-order valence-corrected chi connectivity index (χ2v) is 5.41. The highest BCUT2D eigenvalue weighted by atomic mass is 35.5. The van der Waals surface area contributed by atoms with Crippen molar-refractivity contribution in [2.75, 3.05) is 18.4 Å². The highest BCUT2D eigenvalue weighted by Gasteiger charge is 2.22. The summed E-state index contributed by atoms with van der Waals surface area (Å²) >= 11 is 11.6. The molecule has 1 aromatic carbocycles. The third kappa shape index (κ3) is 4.10. The van der Waals surface area contributed by atoms with E-state index < -0.39 is 6.03 Å². The van der Waals surface area contributed by atoms with E-state index in [4.69, 9.17) is 23.2 Å². The van der Waals surface area contributed by atoms with Gasteiger partial charge in [0.2, 0.25) is 5.91 Å². The molecule has 1 saturated heterocycles. The van der Waals surface area contributed by atoms with Crippen LogP contribution in [0.5, 0.6) is 0 Å². The van der Waals surface area contributed by atoms with Crippen molar-refractivity contribution in [3.05, 3.63) is 28.2 Å². The molecule has 5 nitrogen and oxygen atoms in total. The van der Waals surface area contributed by atoms with Crippen molar-refractivity contribution in [2.45, 2.75) is 12.8 Å². The number of carbonyl (C=O) groups is 2. The lowest BCUT2D eigenvalue weighted by atomic mass is 9.97. The van der Waals surface area contributed by atoms with Crippen LogP contribution in [-0.4, -0.2) is 25.0 Å². The van der Waals surface area contributed by atoms with Crippen molar-refractivity contribution < 1.29 is 9.59 Å². The average Bonchev–Trinajstić information content (AvgIpc) is 2.44. The molecule has 0 aromatic heterocycles. The van der Waals surface area contributed by atoms with E-state index in [1.807, 2.05) is 0 Å². The fourth-order valence-electron chi connectivity index (χ4n) is 2.03. The largest absolute Gasteiger partial charge is 0.325 e. The number of carbonyl (C=O) groups excluding carboxylic acids is 2. The molecule has 0 spiro atoms. The van der Waals surface area contributed by atoms with Gasteiger partial charge in [0, 0.05) is 11.6 Å². The first-order valence-electron chi connectivity index (χ1n) is 6.34. The third-order valence-electron chi connectivity index (χ3n) is 3.12. The number of halogens is 2. The molecule has 0 radical (unpaired) electrons. The van der Waals surface area contributed by atoms with Crippen molar-refractivity contribution >= 4 is 40.8 Å². The van der Waals surface area contributed by atoms with E-state index in [0.29, 0.717) is 15.7 Å². The van der Waals surface area contributed by atoms with Crippen molar-refractivity contribution in [1.29, 1.82) is 0 Å². The van der Waals surface area contributed by atoms with Crippen LogP contribution in [0.25, 0.3) is 0 Å². The zero-order valence-electron chi connectivity index (χ0n) is 10.7. The maximum absolute atomic E-state index is 11.9. The maximum Gasteiger partial charge on any atom is 0.325 e. The minimum absolute atomic E-state index is 0.115. The van der Waals surface area contributed by atoms with Crippen molar-refractivity contribution in [2.24, 2.45) is 5.92 Å². The van der Waals surface area contributed by atoms with E-state index >= 15 is 0 Å². The normalized spacial score (nSPS) is 15.7. The molecular formula is C13H15Cl2N3O2. The van der Waals surface area contributed by atoms with Crippen LogP contribution in [0, 0.1) is 5.92 Å². The van der Waals surface area contributed by atoms with Crippen LogP contribution < -0.4 is 16.0 Å². The summed E-state index contributed by atoms with van der Waals surface area (Å²) < 4.78 is 0. The molecule has 0 aliphatic carbocycles. The Hall–Kier alpha value is -1.30. The summed E-state index contributed by atoms with van der Waals surface area (Å²) in [5.41, 5.74) is 0.481. The highest BCUT2D eigenvalue weighted by Crippen LogP contribution is 2.24. The molecule has 2 rings (SSSR count). The summed E-state index contributed by atoms with van der Waals surface area (Å²) in [6.45, 7) is 1.60. The summed E-state index contributed by atoms with van der Waals surface area (Å²) in [4.78, 5) is 23.6. The summed E-state index contributed by atoms with van der Waals surface area (Å²) in [5, 5.41) is 8.80. The van der Waals surface area contributed by atoms with E-state index in [9.17, 15) is 9.59 Å². The Balaban J connectivity index is 1.88. The lowest BCUT2D eigenvalue weighted by molar-refractivity contribution is -0.124. The number of urea groups is 1. The summed E-state index contributed by atoms with van der Waals surface area (Å²) in [6.07, 6.45) is 1.48. The first kappa shape index (κ1) is 15.1. The summed E-state index contributed by atoms with van der Waals surface area (Å²) in [7, 11) is 0. The number of hydrogen-bond acceptors (Lipinski definition) is 3. The van der Waals surface area contributed by atoms with Gasteiger partial charge in [-0.05, 0) is 44.1 Å². The Bertz CT molecular complexity index is 516. The first-order chi connectivity index (χ1) is 9.56. The van der Waals surface area contributed by atoms with Crippen molar-refractivity contribution in [3.8, 4) is 0 Å². The van der Waals surface area contributed by atoms with Gasteiger partial charge < -0.3 is 10.6 Å². The van der Waals surface area contributed by atoms with E-state index in [0.717, 1.165) is 25.9 Å². The number of hydrogen-bond donors (Lipinski definition) is 3. The molecule has 1 fully saturated rings. The quantitative estimate of drug-likeness (QED) is 0.785. The molecular weight excluding hydrogens is 301 g/mol. The van der Waals surface area contributed by atoms with Gasteiger partial charge in [-0.15, -0.1) is 0 Å². The predicted molar refractivity (Wildman–Crippen MR) is 79.2 cm³/mol. The Morgan fingerprint density at radius 2 is 1.85 bits per heavy atom. The molecule has 1 aliphatic heterocycles. The molecule has 0 saturated carbocycles. The van der Waals surface area contributed by atoms with Crippen molar-refractivity contribution in [1.82, 2.24) is 10.6 Å². The van der Waals surface area contributed by atoms with Crippen LogP contribution in [0.1, 0.15) is 12.8 Å². The van der Waals surface area contributed by atoms with Gasteiger partial charge in [0.25, 0.3) is 0 Å². The van der Waals surface area contributed by atoms with E-state index in [1.165, 1.54) is 6.07 Å². The van der Waals surface area contributed by atoms with Gasteiger partial charge in [0.15, 0.2) is 0 Å². The molecule has 3 amide bonds. The lowest BCUT2D eigenvalue weighted by Gasteiger charge is -2.21. The van der Waals surface area contributed by atoms with Crippen LogP contribution in [0.2, 0.25) is 10.0 Å². The molecule has 20 heavy (non-hydrogen) atoms. The fraction of sp³-hybridized carbons (Fsp3) is 0.385. The van der Waals surface area contributed by atoms with Crippen molar-refractivity contribution in [3.63, 3.8) is 0 Å². The van der Waals surface area contributed by atoms with Crippen LogP contribution in [0.4, 0.5) is 10.5 Å². The van der Waals surface area contributed by atoms with Gasteiger partial charge in [0.1, 0.15) is 0 Å². The standard InChI is InChI=1S/C13H15Cl2N3O2/c14-10-2-1-9(7-11(10)15)17-13(20)18-12(19)8-3-5-16-6-4-8/h1-2,7-8,16H,3-6H2,(H2,17,18,19,20). The Morgan fingerprint density at radius 3 is 2.50 bits per heavy atom. The number of imide groups is 1. The van der Waals surface area contributed by atoms with Gasteiger partial charge in [0.05, 0.1) is 10.0 Å². The zero-order valence-corrected chi connectivity index (χ0v) is 12.2. The second-order valence-electron chi connectivity index (χ2n) is 4.60. The smallest absolute Gasteiger partial charge is 0.317 e. The van der Waals surface area contributed by atoms with Gasteiger partial charge in [-0.1, -0.05) is 23.2 Å². The van der Waals surface area contributed by atoms with Crippen LogP contribution in [-0.2, 0) is 4.79 Å². The van der Waals surface area contributed by atoms with Crippen LogP contribution >= 0.6 is 23.2 Å². The Labute approximate surface area is 127 Å². The Morgan fingerprint density at radius 1 is 1.15 bits per heavy atom. The van der Waals surface area contributed by atoms with Crippen LogP contribution in [0.3, 0.4) is 0 Å². The molecule has 7 heteroatoms. The number of benzene rings is 1. The van der Waals surface area contributed by atoms with Gasteiger partial charge in [-0.2, -0.15) is 0 Å². The Kier molecular flexibility index (Phi) is 5.23. The summed E-state index contributed by atoms with van der Waals surface area (Å²) in [6, 6.07) is 4.15. The fourth-order valence-corrected chi connectivity index (χ4v) is 2.33. The number of piperidine rings is 1. The van der Waals surface area contributed by atoms with Gasteiger partial charge >= 0.3 is 6.03 Å². The van der Waals surface area contributed by atoms with Gasteiger partial charge in [-0.25, -0.2) is 4.79 Å². The third-order valence-corrected chi connectivity index (χ3v) is 3.86. The molecule has 1 aromatic rings. The lowest BCUT2D eigenvalue weighted by Crippen LogP contribution is -2.42. The minimum atomic E-state index is -0.563. The number of amides is 3. The number of rotatable bonds is 2. The molecule has 1 aliphatic rings. The summed E-state index contributed by atoms with van der Waals surface area (Å²) in [5.74, 6) is -0.361. The monoisotopic (exact) mass is 315 g/mol. The SMILES string of the molecule is O=C(NC(=O)C1CCNCC1)Nc1ccc(Cl)c(Cl)c1. The molecule has 108 valence electrons. The van der Waals surface area contributed by atoms with E-state index in [2.05, 4.69) is 16.0 Å². The molecule has 0 unspecified atom stereocenters. The van der Waals surface area contributed by atoms with E-state index in [-0.39, 0.29) is 11.8 Å². The molecule has 1 heterocycles. The topological polar surface area (TPSA) is 70.2 Å². The average molecular weight is 316 g/mol. The molecule has 0 bridgehead atoms. The maximum atomic E-state index is 11.9. The molecule has 3 N–H and O–H groups in total. The second kappa shape index (κ2) is 6.92. The number of anilines is 1. The zero-order chi connectivity index (χ0) is 14.5. The highest BCUT2D eigenvalue weighted by molar-refractivity contribution is 6.42.